The first-order valence-corrected chi connectivity index (χ1v) is 6.81. The average Bonchev–Trinajstić information content (AvgIpc) is 2.34. The summed E-state index contributed by atoms with van der Waals surface area (Å²) in [5.41, 5.74) is 4.96. The molecule has 20 heavy (non-hydrogen) atoms. The summed E-state index contributed by atoms with van der Waals surface area (Å²) in [6, 6.07) is 4.10. The Labute approximate surface area is 119 Å². The van der Waals surface area contributed by atoms with Gasteiger partial charge in [-0.05, 0) is 25.5 Å². The molecule has 0 radical (unpaired) electrons. The molecule has 1 rings (SSSR count). The topological polar surface area (TPSA) is 63.3 Å². The summed E-state index contributed by atoms with van der Waals surface area (Å²) in [6.45, 7) is 3.21. The first kappa shape index (κ1) is 16.8. The normalized spacial score (nSPS) is 14.1. The highest BCUT2D eigenvalue weighted by Gasteiger charge is 2.35. The van der Waals surface area contributed by atoms with Gasteiger partial charge in [-0.15, -0.1) is 11.8 Å². The van der Waals surface area contributed by atoms with Gasteiger partial charge < -0.3 is 10.8 Å². The van der Waals surface area contributed by atoms with Crippen molar-refractivity contribution < 1.29 is 23.1 Å². The average molecular weight is 307 g/mol. The minimum Gasteiger partial charge on any atom is -0.480 e. The predicted octanol–water partition coefficient (Wildman–Crippen LogP) is 3.13. The summed E-state index contributed by atoms with van der Waals surface area (Å²) in [4.78, 5) is 10.9. The molecule has 0 spiro atoms. The van der Waals surface area contributed by atoms with Crippen molar-refractivity contribution in [3.63, 3.8) is 0 Å². The summed E-state index contributed by atoms with van der Waals surface area (Å²) in [5, 5.41) is 8.88. The van der Waals surface area contributed by atoms with Crippen LogP contribution in [0.25, 0.3) is 0 Å². The Morgan fingerprint density at radius 3 is 2.40 bits per heavy atom. The highest BCUT2D eigenvalue weighted by molar-refractivity contribution is 7.99. The molecular formula is C13H16F3NO2S. The maximum atomic E-state index is 12.8. The summed E-state index contributed by atoms with van der Waals surface area (Å²) < 4.78 is 37.6. The molecule has 0 fully saturated rings. The lowest BCUT2D eigenvalue weighted by Gasteiger charge is -2.28. The van der Waals surface area contributed by atoms with Crippen molar-refractivity contribution in [2.45, 2.75) is 36.6 Å². The molecule has 7 heteroatoms. The van der Waals surface area contributed by atoms with Gasteiger partial charge in [0.25, 0.3) is 0 Å². The van der Waals surface area contributed by atoms with Crippen molar-refractivity contribution in [3.05, 3.63) is 35.4 Å². The monoisotopic (exact) mass is 307 g/mol. The fourth-order valence-electron chi connectivity index (χ4n) is 1.57. The second-order valence-electron chi connectivity index (χ2n) is 4.86. The van der Waals surface area contributed by atoms with E-state index < -0.39 is 28.5 Å². The molecule has 3 nitrogen and oxygen atoms in total. The maximum absolute atomic E-state index is 12.8. The number of hydrogen-bond donors (Lipinski definition) is 2. The van der Waals surface area contributed by atoms with E-state index in [4.69, 9.17) is 10.8 Å². The number of alkyl halides is 3. The molecule has 0 aromatic heterocycles. The molecule has 0 heterocycles. The van der Waals surface area contributed by atoms with Crippen LogP contribution in [0.4, 0.5) is 13.2 Å². The molecule has 0 amide bonds. The Morgan fingerprint density at radius 2 is 1.90 bits per heavy atom. The van der Waals surface area contributed by atoms with Crippen LogP contribution in [0, 0.1) is 0 Å². The van der Waals surface area contributed by atoms with Gasteiger partial charge in [-0.3, -0.25) is 4.79 Å². The van der Waals surface area contributed by atoms with Crippen LogP contribution in [0.5, 0.6) is 0 Å². The molecule has 3 N–H and O–H groups in total. The highest BCUT2D eigenvalue weighted by Crippen LogP contribution is 2.36. The number of carboxylic acids is 1. The van der Waals surface area contributed by atoms with Crippen molar-refractivity contribution in [1.29, 1.82) is 0 Å². The predicted molar refractivity (Wildman–Crippen MR) is 72.4 cm³/mol. The number of halogens is 3. The quantitative estimate of drug-likeness (QED) is 0.877. The molecule has 112 valence electrons. The van der Waals surface area contributed by atoms with Gasteiger partial charge in [0, 0.05) is 10.5 Å². The second-order valence-corrected chi connectivity index (χ2v) is 6.49. The molecule has 0 aliphatic heterocycles. The van der Waals surface area contributed by atoms with Crippen LogP contribution in [0.1, 0.15) is 25.0 Å². The van der Waals surface area contributed by atoms with E-state index in [0.717, 1.165) is 17.8 Å². The van der Waals surface area contributed by atoms with Crippen molar-refractivity contribution in [3.8, 4) is 0 Å². The zero-order valence-corrected chi connectivity index (χ0v) is 11.9. The van der Waals surface area contributed by atoms with E-state index in [1.54, 1.807) is 13.8 Å². The third-order valence-corrected chi connectivity index (χ3v) is 4.39. The van der Waals surface area contributed by atoms with E-state index in [9.17, 15) is 18.0 Å². The highest BCUT2D eigenvalue weighted by atomic mass is 32.2. The number of rotatable bonds is 5. The summed E-state index contributed by atoms with van der Waals surface area (Å²) >= 11 is 1.09. The fourth-order valence-corrected chi connectivity index (χ4v) is 2.63. The van der Waals surface area contributed by atoms with Crippen LogP contribution in [0.15, 0.2) is 24.3 Å². The SMILES string of the molecule is CC(C)(SCc1ccccc1C(F)(F)F)[C@H](N)C(=O)O. The van der Waals surface area contributed by atoms with Gasteiger partial charge in [-0.1, -0.05) is 18.2 Å². The molecule has 0 saturated carbocycles. The molecule has 0 aliphatic rings. The minimum absolute atomic E-state index is 0.0453. The van der Waals surface area contributed by atoms with Crippen LogP contribution in [-0.4, -0.2) is 21.9 Å². The number of hydrogen-bond acceptors (Lipinski definition) is 3. The third kappa shape index (κ3) is 4.14. The van der Waals surface area contributed by atoms with Crippen molar-refractivity contribution in [2.24, 2.45) is 5.73 Å². The summed E-state index contributed by atoms with van der Waals surface area (Å²) in [6.07, 6.45) is -4.42. The van der Waals surface area contributed by atoms with Crippen molar-refractivity contribution in [2.75, 3.05) is 0 Å². The van der Waals surface area contributed by atoms with Gasteiger partial charge in [0.05, 0.1) is 5.56 Å². The van der Waals surface area contributed by atoms with Gasteiger partial charge in [-0.25, -0.2) is 0 Å². The number of carbonyl (C=O) groups is 1. The fraction of sp³-hybridized carbons (Fsp3) is 0.462. The largest absolute Gasteiger partial charge is 0.480 e. The van der Waals surface area contributed by atoms with Gasteiger partial charge in [0.15, 0.2) is 0 Å². The summed E-state index contributed by atoms with van der Waals surface area (Å²) in [7, 11) is 0. The minimum atomic E-state index is -4.42. The number of thioether (sulfide) groups is 1. The first-order chi connectivity index (χ1) is 9.05. The Morgan fingerprint density at radius 1 is 1.35 bits per heavy atom. The molecule has 0 aliphatic carbocycles. The molecule has 1 atom stereocenters. The standard InChI is InChI=1S/C13H16F3NO2S/c1-12(2,10(17)11(18)19)20-7-8-5-3-4-6-9(8)13(14,15)16/h3-6,10H,7,17H2,1-2H3,(H,18,19)/t10-/m1/s1. The van der Waals surface area contributed by atoms with Crippen molar-refractivity contribution >= 4 is 17.7 Å². The zero-order chi connectivity index (χ0) is 15.6. The number of aliphatic carboxylic acids is 1. The molecule has 0 bridgehead atoms. The number of benzene rings is 1. The van der Waals surface area contributed by atoms with E-state index in [0.29, 0.717) is 0 Å². The molecule has 0 saturated heterocycles. The Hall–Kier alpha value is -1.21. The van der Waals surface area contributed by atoms with E-state index in [1.807, 2.05) is 0 Å². The van der Waals surface area contributed by atoms with Gasteiger partial charge in [0.1, 0.15) is 6.04 Å². The lowest BCUT2D eigenvalue weighted by Crippen LogP contribution is -2.46. The van der Waals surface area contributed by atoms with Crippen LogP contribution >= 0.6 is 11.8 Å². The molecule has 1 aromatic carbocycles. The van der Waals surface area contributed by atoms with Gasteiger partial charge in [-0.2, -0.15) is 13.2 Å². The van der Waals surface area contributed by atoms with E-state index in [-0.39, 0.29) is 11.3 Å². The number of carboxylic acid groups (broad SMARTS) is 1. The van der Waals surface area contributed by atoms with E-state index in [2.05, 4.69) is 0 Å². The van der Waals surface area contributed by atoms with Crippen molar-refractivity contribution in [1.82, 2.24) is 0 Å². The van der Waals surface area contributed by atoms with Gasteiger partial charge >= 0.3 is 12.1 Å². The molecule has 1 aromatic rings. The lowest BCUT2D eigenvalue weighted by molar-refractivity contribution is -0.139. The number of nitrogens with two attached hydrogens (primary N) is 1. The molecular weight excluding hydrogens is 291 g/mol. The smallest absolute Gasteiger partial charge is 0.416 e. The van der Waals surface area contributed by atoms with E-state index >= 15 is 0 Å². The zero-order valence-electron chi connectivity index (χ0n) is 11.1. The Kier molecular flexibility index (Phi) is 5.10. The van der Waals surface area contributed by atoms with Gasteiger partial charge in [0.2, 0.25) is 0 Å². The first-order valence-electron chi connectivity index (χ1n) is 5.83. The van der Waals surface area contributed by atoms with Crippen LogP contribution in [0.2, 0.25) is 0 Å². The summed E-state index contributed by atoms with van der Waals surface area (Å²) in [5.74, 6) is -1.13. The van der Waals surface area contributed by atoms with Crippen LogP contribution < -0.4 is 5.73 Å². The Bertz CT molecular complexity index is 489. The van der Waals surface area contributed by atoms with Crippen LogP contribution in [-0.2, 0) is 16.7 Å². The lowest BCUT2D eigenvalue weighted by atomic mass is 10.1. The Balaban J connectivity index is 2.88. The van der Waals surface area contributed by atoms with Crippen LogP contribution in [0.3, 0.4) is 0 Å². The van der Waals surface area contributed by atoms with E-state index in [1.165, 1.54) is 18.2 Å². The molecule has 0 unspecified atom stereocenters. The second kappa shape index (κ2) is 6.05. The maximum Gasteiger partial charge on any atom is 0.416 e. The third-order valence-electron chi connectivity index (χ3n) is 2.94.